The number of rotatable bonds is 7. The number of aliphatic imine (C=N–C) groups is 2. The first-order chi connectivity index (χ1) is 14.8. The van der Waals surface area contributed by atoms with Gasteiger partial charge in [0.25, 0.3) is 0 Å². The molecule has 0 spiro atoms. The summed E-state index contributed by atoms with van der Waals surface area (Å²) in [6.45, 7) is 3.88. The van der Waals surface area contributed by atoms with Crippen LogP contribution in [-0.4, -0.2) is 48.1 Å². The molecule has 3 rings (SSSR count). The molecule has 8 nitrogen and oxygen atoms in total. The highest BCUT2D eigenvalue weighted by Gasteiger charge is 2.33. The Hall–Kier alpha value is -3.33. The lowest BCUT2D eigenvalue weighted by molar-refractivity contribution is -0.118. The Bertz CT molecular complexity index is 966. The van der Waals surface area contributed by atoms with Gasteiger partial charge in [-0.1, -0.05) is 0 Å². The molecule has 0 saturated carbocycles. The van der Waals surface area contributed by atoms with Crippen LogP contribution in [0.2, 0.25) is 0 Å². The Labute approximate surface area is 181 Å². The number of benzene rings is 1. The van der Waals surface area contributed by atoms with E-state index in [2.05, 4.69) is 25.9 Å². The van der Waals surface area contributed by atoms with Crippen LogP contribution in [0.1, 0.15) is 18.4 Å². The maximum atomic E-state index is 13.1. The van der Waals surface area contributed by atoms with Crippen LogP contribution in [0.15, 0.2) is 52.7 Å². The van der Waals surface area contributed by atoms with Crippen molar-refractivity contribution in [3.05, 3.63) is 54.1 Å². The van der Waals surface area contributed by atoms with Gasteiger partial charge in [0, 0.05) is 32.0 Å². The molecule has 1 aliphatic heterocycles. The van der Waals surface area contributed by atoms with Gasteiger partial charge in [0.1, 0.15) is 17.6 Å². The van der Waals surface area contributed by atoms with Gasteiger partial charge < -0.3 is 22.1 Å². The van der Waals surface area contributed by atoms with E-state index in [1.807, 2.05) is 19.3 Å². The second-order valence-corrected chi connectivity index (χ2v) is 7.81. The molecule has 1 fully saturated rings. The first-order valence-electron chi connectivity index (χ1n) is 10.1. The molecule has 0 radical (unpaired) electrons. The number of nitrogens with two attached hydrogens (primary N) is 3. The molecule has 1 aromatic heterocycles. The number of anilines is 1. The fourth-order valence-electron chi connectivity index (χ4n) is 3.54. The van der Waals surface area contributed by atoms with E-state index in [4.69, 9.17) is 17.2 Å². The van der Waals surface area contributed by atoms with E-state index < -0.39 is 17.4 Å². The summed E-state index contributed by atoms with van der Waals surface area (Å²) in [5, 5.41) is 0. The first-order valence-corrected chi connectivity index (χ1v) is 10.1. The molecule has 1 unspecified atom stereocenters. The summed E-state index contributed by atoms with van der Waals surface area (Å²) in [5.74, 6) is -2.03. The van der Waals surface area contributed by atoms with Crippen molar-refractivity contribution >= 4 is 29.3 Å². The Morgan fingerprint density at radius 2 is 1.94 bits per heavy atom. The van der Waals surface area contributed by atoms with E-state index in [9.17, 15) is 9.18 Å². The van der Waals surface area contributed by atoms with Crippen LogP contribution in [-0.2, 0) is 4.79 Å². The van der Waals surface area contributed by atoms with E-state index in [-0.39, 0.29) is 11.7 Å². The molecule has 1 aromatic carbocycles. The second kappa shape index (κ2) is 9.65. The first kappa shape index (κ1) is 22.4. The fourth-order valence-corrected chi connectivity index (χ4v) is 3.54. The highest BCUT2D eigenvalue weighted by Crippen LogP contribution is 2.29. The molecule has 1 aliphatic rings. The molecule has 31 heavy (non-hydrogen) atoms. The molecule has 2 heterocycles. The lowest BCUT2D eigenvalue weighted by Crippen LogP contribution is -2.48. The van der Waals surface area contributed by atoms with Gasteiger partial charge >= 0.3 is 0 Å². The summed E-state index contributed by atoms with van der Waals surface area (Å²) in [4.78, 5) is 27.3. The smallest absolute Gasteiger partial charge is 0.233 e. The van der Waals surface area contributed by atoms with E-state index in [0.717, 1.165) is 24.3 Å². The minimum atomic E-state index is -0.979. The number of nitrogens with zero attached hydrogens (tertiary/aromatic N) is 4. The number of amidine groups is 1. The van der Waals surface area contributed by atoms with Crippen molar-refractivity contribution in [2.75, 3.05) is 24.5 Å². The third-order valence-corrected chi connectivity index (χ3v) is 5.51. The normalized spacial score (nSPS) is 17.6. The maximum Gasteiger partial charge on any atom is 0.233 e. The van der Waals surface area contributed by atoms with Gasteiger partial charge in [0.05, 0.1) is 23.1 Å². The van der Waals surface area contributed by atoms with Crippen molar-refractivity contribution in [3.8, 4) is 0 Å². The third kappa shape index (κ3) is 5.64. The van der Waals surface area contributed by atoms with Crippen LogP contribution in [0.5, 0.6) is 0 Å². The predicted molar refractivity (Wildman–Crippen MR) is 121 cm³/mol. The minimum absolute atomic E-state index is 0.00157. The number of carbonyl (C=O) groups excluding carboxylic acids is 1. The van der Waals surface area contributed by atoms with Crippen molar-refractivity contribution in [2.24, 2.45) is 33.1 Å². The number of aryl methyl sites for hydroxylation is 1. The third-order valence-electron chi connectivity index (χ3n) is 5.51. The molecular weight excluding hydrogens is 397 g/mol. The molecule has 164 valence electrons. The number of carbonyl (C=O) groups is 1. The van der Waals surface area contributed by atoms with E-state index in [1.165, 1.54) is 30.5 Å². The molecule has 1 atom stereocenters. The summed E-state index contributed by atoms with van der Waals surface area (Å²) in [5.41, 5.74) is 19.7. The highest BCUT2D eigenvalue weighted by atomic mass is 19.1. The van der Waals surface area contributed by atoms with Crippen LogP contribution in [0.25, 0.3) is 0 Å². The van der Waals surface area contributed by atoms with Gasteiger partial charge in [-0.2, -0.15) is 0 Å². The Balaban J connectivity index is 1.73. The van der Waals surface area contributed by atoms with Crippen molar-refractivity contribution in [3.63, 3.8) is 0 Å². The van der Waals surface area contributed by atoms with Crippen LogP contribution < -0.4 is 22.1 Å². The van der Waals surface area contributed by atoms with Crippen LogP contribution in [0.3, 0.4) is 0 Å². The quantitative estimate of drug-likeness (QED) is 0.458. The van der Waals surface area contributed by atoms with Crippen LogP contribution >= 0.6 is 0 Å². The zero-order valence-corrected chi connectivity index (χ0v) is 17.5. The number of hydrogen-bond acceptors (Lipinski definition) is 6. The Morgan fingerprint density at radius 1 is 1.26 bits per heavy atom. The maximum absolute atomic E-state index is 13.1. The summed E-state index contributed by atoms with van der Waals surface area (Å²) < 4.78 is 13.1. The van der Waals surface area contributed by atoms with Crippen molar-refractivity contribution in [1.29, 1.82) is 0 Å². The lowest BCUT2D eigenvalue weighted by Gasteiger charge is -2.39. The molecule has 0 aliphatic carbocycles. The van der Waals surface area contributed by atoms with Gasteiger partial charge in [-0.15, -0.1) is 0 Å². The summed E-state index contributed by atoms with van der Waals surface area (Å²) >= 11 is 0. The number of piperidine rings is 1. The zero-order chi connectivity index (χ0) is 22.4. The number of aromatic nitrogens is 1. The highest BCUT2D eigenvalue weighted by molar-refractivity contribution is 6.14. The average molecular weight is 426 g/mol. The number of hydrogen-bond donors (Lipinski definition) is 3. The van der Waals surface area contributed by atoms with Crippen LogP contribution in [0, 0.1) is 18.7 Å². The predicted octanol–water partition coefficient (Wildman–Crippen LogP) is 1.69. The van der Waals surface area contributed by atoms with Crippen molar-refractivity contribution in [2.45, 2.75) is 25.3 Å². The van der Waals surface area contributed by atoms with Crippen molar-refractivity contribution < 1.29 is 9.18 Å². The van der Waals surface area contributed by atoms with Gasteiger partial charge in [-0.25, -0.2) is 9.38 Å². The fraction of sp³-hybridized carbons (Fsp3) is 0.364. The standard InChI is InChI=1S/C22H28FN7O/c1-15-10-18(12-27-11-15)30-8-6-22(14-24,7-9-30)28-13-19(21(26)31)20(25)29-17-4-2-16(23)3-5-17/h2-5,10-13,19H,6-9,14,24H2,1H3,(H2,25,29)(H2,26,31). The molecule has 1 saturated heterocycles. The molecule has 9 heteroatoms. The second-order valence-electron chi connectivity index (χ2n) is 7.81. The summed E-state index contributed by atoms with van der Waals surface area (Å²) in [6, 6.07) is 7.56. The van der Waals surface area contributed by atoms with Gasteiger partial charge in [-0.3, -0.25) is 14.8 Å². The van der Waals surface area contributed by atoms with Gasteiger partial charge in [0.2, 0.25) is 5.91 Å². The summed E-state index contributed by atoms with van der Waals surface area (Å²) in [6.07, 6.45) is 6.55. The van der Waals surface area contributed by atoms with Crippen LogP contribution in [0.4, 0.5) is 15.8 Å². The Morgan fingerprint density at radius 3 is 2.52 bits per heavy atom. The van der Waals surface area contributed by atoms with Crippen molar-refractivity contribution in [1.82, 2.24) is 4.98 Å². The molecular formula is C22H28FN7O. The molecule has 2 aromatic rings. The topological polar surface area (TPSA) is 136 Å². The van der Waals surface area contributed by atoms with Gasteiger partial charge in [-0.05, 0) is 55.7 Å². The molecule has 6 N–H and O–H groups in total. The minimum Gasteiger partial charge on any atom is -0.386 e. The number of halogens is 1. The number of amides is 1. The largest absolute Gasteiger partial charge is 0.386 e. The van der Waals surface area contributed by atoms with E-state index in [0.29, 0.717) is 25.1 Å². The number of pyridine rings is 1. The summed E-state index contributed by atoms with van der Waals surface area (Å²) in [7, 11) is 0. The van der Waals surface area contributed by atoms with E-state index >= 15 is 0 Å². The molecule has 0 bridgehead atoms. The lowest BCUT2D eigenvalue weighted by atomic mass is 9.87. The Kier molecular flexibility index (Phi) is 6.96. The monoisotopic (exact) mass is 425 g/mol. The molecule has 1 amide bonds. The van der Waals surface area contributed by atoms with E-state index in [1.54, 1.807) is 0 Å². The zero-order valence-electron chi connectivity index (χ0n) is 17.5. The SMILES string of the molecule is Cc1cncc(N2CCC(CN)(N=CC(C(N)=O)C(N)=Nc3ccc(F)cc3)CC2)c1. The van der Waals surface area contributed by atoms with Gasteiger partial charge in [0.15, 0.2) is 0 Å². The average Bonchev–Trinajstić information content (AvgIpc) is 2.75. The number of primary amides is 1.